The minimum Gasteiger partial charge on any atom is -0.381 e. The molecule has 0 amide bonds. The van der Waals surface area contributed by atoms with Gasteiger partial charge in [-0.05, 0) is 57.5 Å². The maximum atomic E-state index is 5.44. The molecule has 1 aliphatic heterocycles. The van der Waals surface area contributed by atoms with Gasteiger partial charge in [0.15, 0.2) is 0 Å². The van der Waals surface area contributed by atoms with Gasteiger partial charge in [0.1, 0.15) is 0 Å². The number of methoxy groups -OCH3 is 1. The normalized spacial score (nSPS) is 34.1. The van der Waals surface area contributed by atoms with Crippen molar-refractivity contribution in [3.05, 3.63) is 0 Å². The third-order valence-corrected chi connectivity index (χ3v) is 4.72. The van der Waals surface area contributed by atoms with Crippen molar-refractivity contribution in [1.82, 2.24) is 4.90 Å². The van der Waals surface area contributed by atoms with Gasteiger partial charge in [-0.15, -0.1) is 0 Å². The Labute approximate surface area is 100 Å². The van der Waals surface area contributed by atoms with Crippen LogP contribution in [-0.4, -0.2) is 37.2 Å². The number of nitrogens with zero attached hydrogens (tertiary/aromatic N) is 1. The third kappa shape index (κ3) is 2.98. The quantitative estimate of drug-likeness (QED) is 0.732. The molecule has 1 aliphatic carbocycles. The first kappa shape index (κ1) is 12.4. The lowest BCUT2D eigenvalue weighted by Crippen LogP contribution is -2.43. The molecule has 2 heteroatoms. The van der Waals surface area contributed by atoms with Gasteiger partial charge in [0, 0.05) is 13.2 Å². The number of piperidine rings is 1. The number of rotatable bonds is 3. The van der Waals surface area contributed by atoms with Crippen LogP contribution in [0.1, 0.15) is 51.9 Å². The standard InChI is InChI=1S/C14H27NO/c1-3-12-8-10-15(11-9-12)13-4-6-14(16-2)7-5-13/h12-14H,3-11H2,1-2H3. The van der Waals surface area contributed by atoms with Gasteiger partial charge in [-0.1, -0.05) is 13.3 Å². The van der Waals surface area contributed by atoms with Crippen molar-refractivity contribution in [1.29, 1.82) is 0 Å². The largest absolute Gasteiger partial charge is 0.381 e. The minimum absolute atomic E-state index is 0.546. The van der Waals surface area contributed by atoms with Crippen molar-refractivity contribution >= 4 is 0 Å². The van der Waals surface area contributed by atoms with Gasteiger partial charge in [-0.25, -0.2) is 0 Å². The van der Waals surface area contributed by atoms with Crippen molar-refractivity contribution in [2.24, 2.45) is 5.92 Å². The highest BCUT2D eigenvalue weighted by Crippen LogP contribution is 2.29. The van der Waals surface area contributed by atoms with Crippen molar-refractivity contribution in [2.75, 3.05) is 20.2 Å². The molecule has 0 spiro atoms. The molecule has 0 aromatic carbocycles. The molecule has 0 N–H and O–H groups in total. The summed E-state index contributed by atoms with van der Waals surface area (Å²) in [6.07, 6.45) is 10.0. The van der Waals surface area contributed by atoms with E-state index in [4.69, 9.17) is 4.74 Å². The number of ether oxygens (including phenoxy) is 1. The van der Waals surface area contributed by atoms with Crippen LogP contribution in [0.4, 0.5) is 0 Å². The molecule has 2 aliphatic rings. The molecule has 1 saturated heterocycles. The Bertz CT molecular complexity index is 169. The molecule has 0 radical (unpaired) electrons. The second kappa shape index (κ2) is 6.02. The second-order valence-electron chi connectivity index (χ2n) is 5.55. The first-order valence-corrected chi connectivity index (χ1v) is 7.10. The van der Waals surface area contributed by atoms with Crippen LogP contribution in [0.3, 0.4) is 0 Å². The molecule has 94 valence electrons. The molecular weight excluding hydrogens is 198 g/mol. The van der Waals surface area contributed by atoms with E-state index < -0.39 is 0 Å². The third-order valence-electron chi connectivity index (χ3n) is 4.72. The van der Waals surface area contributed by atoms with Gasteiger partial charge in [0.05, 0.1) is 6.10 Å². The molecule has 16 heavy (non-hydrogen) atoms. The summed E-state index contributed by atoms with van der Waals surface area (Å²) in [4.78, 5) is 2.75. The fourth-order valence-electron chi connectivity index (χ4n) is 3.37. The van der Waals surface area contributed by atoms with Gasteiger partial charge in [-0.3, -0.25) is 0 Å². The summed E-state index contributed by atoms with van der Waals surface area (Å²) in [5.41, 5.74) is 0. The minimum atomic E-state index is 0.546. The molecular formula is C14H27NO. The van der Waals surface area contributed by atoms with Crippen LogP contribution < -0.4 is 0 Å². The van der Waals surface area contributed by atoms with E-state index in [0.29, 0.717) is 6.10 Å². The summed E-state index contributed by atoms with van der Waals surface area (Å²) >= 11 is 0. The zero-order valence-corrected chi connectivity index (χ0v) is 11.0. The lowest BCUT2D eigenvalue weighted by atomic mass is 9.88. The predicted octanol–water partition coefficient (Wildman–Crippen LogP) is 3.07. The van der Waals surface area contributed by atoms with Crippen LogP contribution >= 0.6 is 0 Å². The summed E-state index contributed by atoms with van der Waals surface area (Å²) in [5, 5.41) is 0. The van der Waals surface area contributed by atoms with Crippen LogP contribution in [-0.2, 0) is 4.74 Å². The van der Waals surface area contributed by atoms with Gasteiger partial charge < -0.3 is 9.64 Å². The van der Waals surface area contributed by atoms with E-state index in [-0.39, 0.29) is 0 Å². The van der Waals surface area contributed by atoms with Crippen molar-refractivity contribution in [3.63, 3.8) is 0 Å². The van der Waals surface area contributed by atoms with Crippen molar-refractivity contribution < 1.29 is 4.74 Å². The Morgan fingerprint density at radius 2 is 1.62 bits per heavy atom. The molecule has 2 rings (SSSR count). The van der Waals surface area contributed by atoms with Crippen LogP contribution in [0.15, 0.2) is 0 Å². The van der Waals surface area contributed by atoms with Crippen LogP contribution in [0, 0.1) is 5.92 Å². The lowest BCUT2D eigenvalue weighted by molar-refractivity contribution is 0.0288. The number of hydrogen-bond acceptors (Lipinski definition) is 2. The van der Waals surface area contributed by atoms with E-state index in [1.807, 2.05) is 7.11 Å². The molecule has 2 fully saturated rings. The van der Waals surface area contributed by atoms with Gasteiger partial charge in [0.25, 0.3) is 0 Å². The SMILES string of the molecule is CCC1CCN(C2CCC(OC)CC2)CC1. The second-order valence-corrected chi connectivity index (χ2v) is 5.55. The van der Waals surface area contributed by atoms with Crippen molar-refractivity contribution in [2.45, 2.75) is 64.0 Å². The Balaban J connectivity index is 1.73. The highest BCUT2D eigenvalue weighted by atomic mass is 16.5. The van der Waals surface area contributed by atoms with E-state index in [0.717, 1.165) is 12.0 Å². The molecule has 0 unspecified atom stereocenters. The van der Waals surface area contributed by atoms with E-state index in [9.17, 15) is 0 Å². The van der Waals surface area contributed by atoms with Gasteiger partial charge in [-0.2, -0.15) is 0 Å². The Morgan fingerprint density at radius 3 is 2.12 bits per heavy atom. The molecule has 0 bridgehead atoms. The lowest BCUT2D eigenvalue weighted by Gasteiger charge is -2.40. The summed E-state index contributed by atoms with van der Waals surface area (Å²) < 4.78 is 5.44. The Kier molecular flexibility index (Phi) is 4.66. The molecule has 0 aromatic heterocycles. The number of hydrogen-bond donors (Lipinski definition) is 0. The Hall–Kier alpha value is -0.0800. The highest BCUT2D eigenvalue weighted by molar-refractivity contribution is 4.83. The monoisotopic (exact) mass is 225 g/mol. The maximum Gasteiger partial charge on any atom is 0.0572 e. The summed E-state index contributed by atoms with van der Waals surface area (Å²) in [6, 6.07) is 0.865. The van der Waals surface area contributed by atoms with Crippen LogP contribution in [0.25, 0.3) is 0 Å². The van der Waals surface area contributed by atoms with Gasteiger partial charge in [0.2, 0.25) is 0 Å². The van der Waals surface area contributed by atoms with Crippen molar-refractivity contribution in [3.8, 4) is 0 Å². The Morgan fingerprint density at radius 1 is 1.00 bits per heavy atom. The molecule has 0 aromatic rings. The number of likely N-dealkylation sites (tertiary alicyclic amines) is 1. The topological polar surface area (TPSA) is 12.5 Å². The fraction of sp³-hybridized carbons (Fsp3) is 1.00. The summed E-state index contributed by atoms with van der Waals surface area (Å²) in [5.74, 6) is 1.01. The van der Waals surface area contributed by atoms with E-state index in [1.54, 1.807) is 0 Å². The average Bonchev–Trinajstić information content (AvgIpc) is 2.39. The molecule has 2 nitrogen and oxygen atoms in total. The van der Waals surface area contributed by atoms with E-state index >= 15 is 0 Å². The smallest absolute Gasteiger partial charge is 0.0572 e. The van der Waals surface area contributed by atoms with E-state index in [1.165, 1.54) is 58.0 Å². The van der Waals surface area contributed by atoms with Crippen LogP contribution in [0.2, 0.25) is 0 Å². The summed E-state index contributed by atoms with van der Waals surface area (Å²) in [6.45, 7) is 5.03. The fourth-order valence-corrected chi connectivity index (χ4v) is 3.37. The maximum absolute atomic E-state index is 5.44. The zero-order valence-electron chi connectivity index (χ0n) is 11.0. The van der Waals surface area contributed by atoms with Gasteiger partial charge >= 0.3 is 0 Å². The first-order valence-electron chi connectivity index (χ1n) is 7.10. The molecule has 1 heterocycles. The molecule has 0 atom stereocenters. The van der Waals surface area contributed by atoms with E-state index in [2.05, 4.69) is 11.8 Å². The summed E-state index contributed by atoms with van der Waals surface area (Å²) in [7, 11) is 1.86. The highest BCUT2D eigenvalue weighted by Gasteiger charge is 2.28. The first-order chi connectivity index (χ1) is 7.83. The predicted molar refractivity (Wildman–Crippen MR) is 67.6 cm³/mol. The zero-order chi connectivity index (χ0) is 11.4. The molecule has 1 saturated carbocycles. The van der Waals surface area contributed by atoms with Crippen LogP contribution in [0.5, 0.6) is 0 Å². The average molecular weight is 225 g/mol.